The van der Waals surface area contributed by atoms with Crippen molar-refractivity contribution in [3.8, 4) is 0 Å². The monoisotopic (exact) mass is 235 g/mol. The third-order valence-corrected chi connectivity index (χ3v) is 3.11. The highest BCUT2D eigenvalue weighted by Gasteiger charge is 2.05. The SMILES string of the molecule is Cc1cc(NC(=O)Cn2cncc2C)cs1. The molecule has 0 unspecified atom stereocenters. The number of imidazole rings is 1. The molecular formula is C11H13N3OS. The lowest BCUT2D eigenvalue weighted by Crippen LogP contribution is -2.18. The van der Waals surface area contributed by atoms with Crippen molar-refractivity contribution >= 4 is 22.9 Å². The van der Waals surface area contributed by atoms with E-state index in [4.69, 9.17) is 0 Å². The van der Waals surface area contributed by atoms with Crippen LogP contribution in [0.3, 0.4) is 0 Å². The average Bonchev–Trinajstić information content (AvgIpc) is 2.77. The molecule has 1 N–H and O–H groups in total. The minimum absolute atomic E-state index is 0.0288. The molecule has 0 saturated heterocycles. The molecule has 2 aromatic heterocycles. The molecule has 4 nitrogen and oxygen atoms in total. The van der Waals surface area contributed by atoms with E-state index in [0.29, 0.717) is 6.54 Å². The van der Waals surface area contributed by atoms with Crippen molar-refractivity contribution in [1.82, 2.24) is 9.55 Å². The van der Waals surface area contributed by atoms with Gasteiger partial charge in [0.05, 0.1) is 12.0 Å². The number of anilines is 1. The molecule has 16 heavy (non-hydrogen) atoms. The van der Waals surface area contributed by atoms with Crippen molar-refractivity contribution in [2.24, 2.45) is 0 Å². The van der Waals surface area contributed by atoms with Crippen LogP contribution < -0.4 is 5.32 Å². The first kappa shape index (κ1) is 10.9. The number of hydrogen-bond donors (Lipinski definition) is 1. The Kier molecular flexibility index (Phi) is 3.05. The maximum atomic E-state index is 11.7. The van der Waals surface area contributed by atoms with E-state index < -0.39 is 0 Å². The van der Waals surface area contributed by atoms with Gasteiger partial charge in [-0.2, -0.15) is 0 Å². The van der Waals surface area contributed by atoms with E-state index >= 15 is 0 Å². The predicted molar refractivity (Wildman–Crippen MR) is 64.6 cm³/mol. The highest BCUT2D eigenvalue weighted by molar-refractivity contribution is 7.10. The highest BCUT2D eigenvalue weighted by atomic mass is 32.1. The van der Waals surface area contributed by atoms with Crippen molar-refractivity contribution < 1.29 is 4.79 Å². The van der Waals surface area contributed by atoms with Crippen LogP contribution in [-0.4, -0.2) is 15.5 Å². The van der Waals surface area contributed by atoms with Crippen LogP contribution in [0, 0.1) is 13.8 Å². The Labute approximate surface area is 97.9 Å². The standard InChI is InChI=1S/C11H13N3OS/c1-8-4-12-7-14(8)5-11(15)13-10-3-9(2)16-6-10/h3-4,6-7H,5H2,1-2H3,(H,13,15). The maximum Gasteiger partial charge on any atom is 0.244 e. The summed E-state index contributed by atoms with van der Waals surface area (Å²) in [4.78, 5) is 16.8. The molecule has 1 amide bonds. The van der Waals surface area contributed by atoms with Crippen LogP contribution in [0.25, 0.3) is 0 Å². The largest absolute Gasteiger partial charge is 0.325 e. The third kappa shape index (κ3) is 2.49. The predicted octanol–water partition coefficient (Wildman–Crippen LogP) is 2.20. The van der Waals surface area contributed by atoms with E-state index in [1.165, 1.54) is 4.88 Å². The summed E-state index contributed by atoms with van der Waals surface area (Å²) in [5.74, 6) is -0.0288. The second-order valence-electron chi connectivity index (χ2n) is 3.66. The van der Waals surface area contributed by atoms with E-state index in [1.54, 1.807) is 23.9 Å². The minimum Gasteiger partial charge on any atom is -0.325 e. The number of rotatable bonds is 3. The minimum atomic E-state index is -0.0288. The number of carbonyl (C=O) groups is 1. The fourth-order valence-corrected chi connectivity index (χ4v) is 2.05. The van der Waals surface area contributed by atoms with Gasteiger partial charge in [-0.05, 0) is 19.9 Å². The summed E-state index contributed by atoms with van der Waals surface area (Å²) >= 11 is 1.62. The molecule has 0 aliphatic carbocycles. The van der Waals surface area contributed by atoms with E-state index in [2.05, 4.69) is 10.3 Å². The summed E-state index contributed by atoms with van der Waals surface area (Å²) in [7, 11) is 0. The Hall–Kier alpha value is -1.62. The number of nitrogens with one attached hydrogen (secondary N) is 1. The van der Waals surface area contributed by atoms with Gasteiger partial charge in [-0.25, -0.2) is 4.98 Å². The lowest BCUT2D eigenvalue weighted by molar-refractivity contribution is -0.116. The summed E-state index contributed by atoms with van der Waals surface area (Å²) < 4.78 is 1.81. The van der Waals surface area contributed by atoms with Crippen molar-refractivity contribution in [3.05, 3.63) is 34.5 Å². The molecule has 0 atom stereocenters. The van der Waals surface area contributed by atoms with E-state index in [0.717, 1.165) is 11.4 Å². The number of carbonyl (C=O) groups excluding carboxylic acids is 1. The van der Waals surface area contributed by atoms with Crippen LogP contribution >= 0.6 is 11.3 Å². The molecule has 84 valence electrons. The quantitative estimate of drug-likeness (QED) is 0.886. The number of nitrogens with zero attached hydrogens (tertiary/aromatic N) is 2. The van der Waals surface area contributed by atoms with Crippen LogP contribution in [0.1, 0.15) is 10.6 Å². The van der Waals surface area contributed by atoms with E-state index in [9.17, 15) is 4.79 Å². The lowest BCUT2D eigenvalue weighted by atomic mass is 10.4. The van der Waals surface area contributed by atoms with Gasteiger partial charge >= 0.3 is 0 Å². The van der Waals surface area contributed by atoms with Gasteiger partial charge in [0.15, 0.2) is 0 Å². The molecule has 0 fully saturated rings. The molecule has 0 spiro atoms. The van der Waals surface area contributed by atoms with Crippen molar-refractivity contribution in [3.63, 3.8) is 0 Å². The molecule has 2 rings (SSSR count). The van der Waals surface area contributed by atoms with Crippen LogP contribution in [0.2, 0.25) is 0 Å². The zero-order valence-electron chi connectivity index (χ0n) is 9.23. The number of aromatic nitrogens is 2. The summed E-state index contributed by atoms with van der Waals surface area (Å²) in [6.07, 6.45) is 3.40. The fourth-order valence-electron chi connectivity index (χ4n) is 1.42. The van der Waals surface area contributed by atoms with Crippen LogP contribution in [0.15, 0.2) is 24.0 Å². The topological polar surface area (TPSA) is 46.9 Å². The van der Waals surface area contributed by atoms with Gasteiger partial charge < -0.3 is 9.88 Å². The van der Waals surface area contributed by atoms with Crippen molar-refractivity contribution in [2.45, 2.75) is 20.4 Å². The number of aryl methyl sites for hydroxylation is 2. The summed E-state index contributed by atoms with van der Waals surface area (Å²) in [6.45, 7) is 4.25. The second kappa shape index (κ2) is 4.49. The molecule has 2 heterocycles. The zero-order chi connectivity index (χ0) is 11.5. The van der Waals surface area contributed by atoms with Gasteiger partial charge in [0, 0.05) is 22.1 Å². The first-order chi connectivity index (χ1) is 7.65. The fraction of sp³-hybridized carbons (Fsp3) is 0.273. The van der Waals surface area contributed by atoms with Crippen LogP contribution in [0.4, 0.5) is 5.69 Å². The Bertz CT molecular complexity index is 501. The Morgan fingerprint density at radius 3 is 2.94 bits per heavy atom. The zero-order valence-corrected chi connectivity index (χ0v) is 10.0. The number of hydrogen-bond acceptors (Lipinski definition) is 3. The van der Waals surface area contributed by atoms with Crippen LogP contribution in [0.5, 0.6) is 0 Å². The molecule has 0 aromatic carbocycles. The Morgan fingerprint density at radius 1 is 1.56 bits per heavy atom. The molecule has 0 bridgehead atoms. The summed E-state index contributed by atoms with van der Waals surface area (Å²) in [5.41, 5.74) is 1.85. The summed E-state index contributed by atoms with van der Waals surface area (Å²) in [6, 6.07) is 1.96. The van der Waals surface area contributed by atoms with E-state index in [1.807, 2.05) is 29.9 Å². The smallest absolute Gasteiger partial charge is 0.244 e. The summed E-state index contributed by atoms with van der Waals surface area (Å²) in [5, 5.41) is 4.79. The van der Waals surface area contributed by atoms with Gasteiger partial charge in [0.2, 0.25) is 5.91 Å². The van der Waals surface area contributed by atoms with Gasteiger partial charge in [-0.1, -0.05) is 0 Å². The van der Waals surface area contributed by atoms with Crippen molar-refractivity contribution in [1.29, 1.82) is 0 Å². The number of thiophene rings is 1. The first-order valence-corrected chi connectivity index (χ1v) is 5.85. The molecule has 0 aliphatic heterocycles. The highest BCUT2D eigenvalue weighted by Crippen LogP contribution is 2.17. The molecular weight excluding hydrogens is 222 g/mol. The normalized spacial score (nSPS) is 10.4. The molecule has 0 saturated carbocycles. The molecule has 0 aliphatic rings. The average molecular weight is 235 g/mol. The Morgan fingerprint density at radius 2 is 2.38 bits per heavy atom. The molecule has 2 aromatic rings. The van der Waals surface area contributed by atoms with Gasteiger partial charge in [0.1, 0.15) is 6.54 Å². The maximum absolute atomic E-state index is 11.7. The first-order valence-electron chi connectivity index (χ1n) is 4.97. The Balaban J connectivity index is 1.97. The second-order valence-corrected chi connectivity index (χ2v) is 4.77. The van der Waals surface area contributed by atoms with Crippen molar-refractivity contribution in [2.75, 3.05) is 5.32 Å². The van der Waals surface area contributed by atoms with E-state index in [-0.39, 0.29) is 5.91 Å². The molecule has 0 radical (unpaired) electrons. The van der Waals surface area contributed by atoms with Gasteiger partial charge in [-0.15, -0.1) is 11.3 Å². The van der Waals surface area contributed by atoms with Crippen LogP contribution in [-0.2, 0) is 11.3 Å². The van der Waals surface area contributed by atoms with Gasteiger partial charge in [0.25, 0.3) is 0 Å². The number of amides is 1. The lowest BCUT2D eigenvalue weighted by Gasteiger charge is -2.05. The molecule has 5 heteroatoms. The van der Waals surface area contributed by atoms with Gasteiger partial charge in [-0.3, -0.25) is 4.79 Å². The third-order valence-electron chi connectivity index (χ3n) is 2.25.